The summed E-state index contributed by atoms with van der Waals surface area (Å²) in [5.74, 6) is -3.87. The lowest BCUT2D eigenvalue weighted by molar-refractivity contribution is 0.431. The van der Waals surface area contributed by atoms with Gasteiger partial charge in [0, 0.05) is 11.8 Å². The quantitative estimate of drug-likeness (QED) is 0.868. The third kappa shape index (κ3) is 2.93. The maximum absolute atomic E-state index is 13.3. The van der Waals surface area contributed by atoms with Crippen LogP contribution in [0.25, 0.3) is 11.1 Å². The van der Waals surface area contributed by atoms with Crippen LogP contribution in [0.3, 0.4) is 0 Å². The van der Waals surface area contributed by atoms with Gasteiger partial charge in [0.05, 0.1) is 11.2 Å². The Balaban J connectivity index is 2.52. The van der Waals surface area contributed by atoms with Gasteiger partial charge in [-0.15, -0.1) is 0 Å². The van der Waals surface area contributed by atoms with Crippen molar-refractivity contribution in [3.63, 3.8) is 0 Å². The van der Waals surface area contributed by atoms with Crippen molar-refractivity contribution in [1.29, 1.82) is 0 Å². The minimum absolute atomic E-state index is 0.269. The van der Waals surface area contributed by atoms with Crippen LogP contribution in [0.2, 0.25) is 0 Å². The summed E-state index contributed by atoms with van der Waals surface area (Å²) >= 11 is 0. The van der Waals surface area contributed by atoms with Crippen LogP contribution < -0.4 is 5.32 Å². The van der Waals surface area contributed by atoms with Gasteiger partial charge in [-0.05, 0) is 57.1 Å². The smallest absolute Gasteiger partial charge is 0.194 e. The van der Waals surface area contributed by atoms with Crippen molar-refractivity contribution in [3.8, 4) is 11.1 Å². The van der Waals surface area contributed by atoms with Gasteiger partial charge >= 0.3 is 0 Å². The minimum Gasteiger partial charge on any atom is -0.310 e. The lowest BCUT2D eigenvalue weighted by Crippen LogP contribution is -2.34. The number of benzene rings is 1. The molecule has 5 heteroatoms. The molecular formula is C16H17F3N2. The first kappa shape index (κ1) is 15.5. The van der Waals surface area contributed by atoms with Crippen LogP contribution >= 0.6 is 0 Å². The summed E-state index contributed by atoms with van der Waals surface area (Å²) in [6.07, 6.45) is 1.55. The number of nitrogens with one attached hydrogen (secondary N) is 1. The molecule has 0 aliphatic rings. The summed E-state index contributed by atoms with van der Waals surface area (Å²) in [6.45, 7) is 5.78. The van der Waals surface area contributed by atoms with E-state index in [1.165, 1.54) is 0 Å². The molecule has 0 aliphatic heterocycles. The van der Waals surface area contributed by atoms with E-state index in [1.54, 1.807) is 6.20 Å². The van der Waals surface area contributed by atoms with Crippen LogP contribution in [-0.2, 0) is 5.54 Å². The Bertz CT molecular complexity index is 658. The van der Waals surface area contributed by atoms with Gasteiger partial charge in [-0.2, -0.15) is 0 Å². The first-order valence-electron chi connectivity index (χ1n) is 6.57. The summed E-state index contributed by atoms with van der Waals surface area (Å²) in [6, 6.07) is 3.81. The van der Waals surface area contributed by atoms with Gasteiger partial charge in [0.2, 0.25) is 0 Å². The number of pyridine rings is 1. The van der Waals surface area contributed by atoms with E-state index in [-0.39, 0.29) is 11.1 Å². The molecule has 0 fully saturated rings. The Morgan fingerprint density at radius 2 is 1.62 bits per heavy atom. The Labute approximate surface area is 122 Å². The number of hydrogen-bond donors (Lipinski definition) is 1. The maximum Gasteiger partial charge on any atom is 0.194 e. The molecule has 2 aromatic rings. The van der Waals surface area contributed by atoms with Crippen molar-refractivity contribution < 1.29 is 13.2 Å². The standard InChI is InChI=1S/C16H17F3N2/c1-9-5-14(16(2,3)20-4)21-8-11(9)10-6-12(17)15(19)13(18)7-10/h5-8,20H,1-4H3. The van der Waals surface area contributed by atoms with E-state index in [2.05, 4.69) is 10.3 Å². The summed E-state index contributed by atoms with van der Waals surface area (Å²) in [5.41, 5.74) is 2.15. The van der Waals surface area contributed by atoms with Gasteiger partial charge in [0.1, 0.15) is 0 Å². The van der Waals surface area contributed by atoms with Gasteiger partial charge < -0.3 is 5.32 Å². The molecule has 1 aromatic carbocycles. The van der Waals surface area contributed by atoms with Crippen LogP contribution in [0.15, 0.2) is 24.4 Å². The second-order valence-electron chi connectivity index (χ2n) is 5.51. The largest absolute Gasteiger partial charge is 0.310 e. The molecule has 2 nitrogen and oxygen atoms in total. The molecule has 0 aliphatic carbocycles. The summed E-state index contributed by atoms with van der Waals surface area (Å²) < 4.78 is 39.7. The van der Waals surface area contributed by atoms with Gasteiger partial charge in [0.25, 0.3) is 0 Å². The van der Waals surface area contributed by atoms with Crippen LogP contribution in [0.4, 0.5) is 13.2 Å². The van der Waals surface area contributed by atoms with Crippen LogP contribution in [-0.4, -0.2) is 12.0 Å². The number of aromatic nitrogens is 1. The summed E-state index contributed by atoms with van der Waals surface area (Å²) in [7, 11) is 1.83. The molecule has 0 amide bonds. The van der Waals surface area contributed by atoms with E-state index in [9.17, 15) is 13.2 Å². The molecule has 0 saturated carbocycles. The van der Waals surface area contributed by atoms with E-state index in [0.717, 1.165) is 23.4 Å². The van der Waals surface area contributed by atoms with Gasteiger partial charge in [-0.1, -0.05) is 0 Å². The van der Waals surface area contributed by atoms with E-state index in [4.69, 9.17) is 0 Å². The Morgan fingerprint density at radius 1 is 1.05 bits per heavy atom. The minimum atomic E-state index is -1.46. The number of aryl methyl sites for hydroxylation is 1. The molecule has 0 saturated heterocycles. The molecule has 0 unspecified atom stereocenters. The van der Waals surface area contributed by atoms with Crippen LogP contribution in [0, 0.1) is 24.4 Å². The van der Waals surface area contributed by atoms with Crippen LogP contribution in [0.5, 0.6) is 0 Å². The van der Waals surface area contributed by atoms with Crippen molar-refractivity contribution >= 4 is 0 Å². The van der Waals surface area contributed by atoms with Crippen molar-refractivity contribution in [2.45, 2.75) is 26.3 Å². The third-order valence-electron chi connectivity index (χ3n) is 3.67. The molecule has 0 spiro atoms. The SMILES string of the molecule is CNC(C)(C)c1cc(C)c(-c2cc(F)c(F)c(F)c2)cn1. The Morgan fingerprint density at radius 3 is 2.10 bits per heavy atom. The molecule has 2 rings (SSSR count). The summed E-state index contributed by atoms with van der Waals surface area (Å²) in [5, 5.41) is 3.14. The van der Waals surface area contributed by atoms with E-state index in [0.29, 0.717) is 5.56 Å². The molecule has 1 heterocycles. The lowest BCUT2D eigenvalue weighted by atomic mass is 9.95. The van der Waals surface area contributed by atoms with Crippen molar-refractivity contribution in [2.75, 3.05) is 7.05 Å². The topological polar surface area (TPSA) is 24.9 Å². The first-order valence-corrected chi connectivity index (χ1v) is 6.57. The van der Waals surface area contributed by atoms with Gasteiger partial charge in [-0.3, -0.25) is 4.98 Å². The Kier molecular flexibility index (Phi) is 4.05. The van der Waals surface area contributed by atoms with Crippen LogP contribution in [0.1, 0.15) is 25.1 Å². The first-order chi connectivity index (χ1) is 9.76. The third-order valence-corrected chi connectivity index (χ3v) is 3.67. The molecular weight excluding hydrogens is 277 g/mol. The number of nitrogens with zero attached hydrogens (tertiary/aromatic N) is 1. The highest BCUT2D eigenvalue weighted by atomic mass is 19.2. The predicted octanol–water partition coefficient (Wildman–Crippen LogP) is 3.93. The normalized spacial score (nSPS) is 11.8. The predicted molar refractivity (Wildman–Crippen MR) is 76.4 cm³/mol. The summed E-state index contributed by atoms with van der Waals surface area (Å²) in [4.78, 5) is 4.34. The van der Waals surface area contributed by atoms with Crippen molar-refractivity contribution in [2.24, 2.45) is 0 Å². The lowest BCUT2D eigenvalue weighted by Gasteiger charge is -2.24. The highest BCUT2D eigenvalue weighted by Gasteiger charge is 2.21. The second-order valence-corrected chi connectivity index (χ2v) is 5.51. The molecule has 1 N–H and O–H groups in total. The number of halogens is 3. The highest BCUT2D eigenvalue weighted by Crippen LogP contribution is 2.28. The fourth-order valence-electron chi connectivity index (χ4n) is 2.04. The van der Waals surface area contributed by atoms with E-state index < -0.39 is 17.5 Å². The zero-order valence-corrected chi connectivity index (χ0v) is 12.4. The molecule has 0 atom stereocenters. The second kappa shape index (κ2) is 5.48. The molecule has 0 bridgehead atoms. The monoisotopic (exact) mass is 294 g/mol. The zero-order valence-electron chi connectivity index (χ0n) is 12.4. The van der Waals surface area contributed by atoms with E-state index >= 15 is 0 Å². The average molecular weight is 294 g/mol. The van der Waals surface area contributed by atoms with Gasteiger partial charge in [-0.25, -0.2) is 13.2 Å². The fraction of sp³-hybridized carbons (Fsp3) is 0.312. The van der Waals surface area contributed by atoms with Gasteiger partial charge in [0.15, 0.2) is 17.5 Å². The zero-order chi connectivity index (χ0) is 15.8. The molecule has 1 aromatic heterocycles. The van der Waals surface area contributed by atoms with E-state index in [1.807, 2.05) is 33.9 Å². The molecule has 112 valence electrons. The number of hydrogen-bond acceptors (Lipinski definition) is 2. The average Bonchev–Trinajstić information content (AvgIpc) is 2.44. The Hall–Kier alpha value is -1.88. The molecule has 21 heavy (non-hydrogen) atoms. The number of rotatable bonds is 3. The highest BCUT2D eigenvalue weighted by molar-refractivity contribution is 5.66. The fourth-order valence-corrected chi connectivity index (χ4v) is 2.04. The maximum atomic E-state index is 13.3. The molecule has 0 radical (unpaired) electrons. The van der Waals surface area contributed by atoms with Crippen molar-refractivity contribution in [1.82, 2.24) is 10.3 Å². The van der Waals surface area contributed by atoms with Crippen molar-refractivity contribution in [3.05, 3.63) is 53.1 Å².